The molecule has 5 rings (SSSR count). The fourth-order valence-corrected chi connectivity index (χ4v) is 5.45. The van der Waals surface area contributed by atoms with Gasteiger partial charge in [-0.2, -0.15) is 8.78 Å². The van der Waals surface area contributed by atoms with Gasteiger partial charge >= 0.3 is 6.11 Å². The first-order chi connectivity index (χ1) is 20.6. The van der Waals surface area contributed by atoms with Crippen LogP contribution in [-0.4, -0.2) is 6.11 Å². The molecule has 4 aromatic carbocycles. The van der Waals surface area contributed by atoms with E-state index in [2.05, 4.69) is 4.74 Å². The first-order valence-corrected chi connectivity index (χ1v) is 13.3. The fraction of sp³-hybridized carbons (Fsp3) is 0.290. The van der Waals surface area contributed by atoms with Crippen LogP contribution in [0.15, 0.2) is 36.4 Å². The summed E-state index contributed by atoms with van der Waals surface area (Å²) >= 11 is 0. The quantitative estimate of drug-likeness (QED) is 0.106. The van der Waals surface area contributed by atoms with Gasteiger partial charge in [0.1, 0.15) is 17.5 Å². The molecule has 0 saturated carbocycles. The van der Waals surface area contributed by atoms with Gasteiger partial charge in [0.15, 0.2) is 40.7 Å². The Kier molecular flexibility index (Phi) is 8.04. The van der Waals surface area contributed by atoms with E-state index in [1.807, 2.05) is 6.92 Å². The van der Waals surface area contributed by atoms with E-state index in [-0.39, 0.29) is 24.1 Å². The Bertz CT molecular complexity index is 1780. The van der Waals surface area contributed by atoms with E-state index in [1.54, 1.807) is 0 Å². The summed E-state index contributed by atoms with van der Waals surface area (Å²) in [5.74, 6) is -23.9. The van der Waals surface area contributed by atoms with Gasteiger partial charge < -0.3 is 4.74 Å². The molecule has 44 heavy (non-hydrogen) atoms. The summed E-state index contributed by atoms with van der Waals surface area (Å²) in [5.41, 5.74) is -4.46. The van der Waals surface area contributed by atoms with Gasteiger partial charge in [0.05, 0.1) is 10.9 Å². The largest absolute Gasteiger partial charge is 0.432 e. The predicted molar refractivity (Wildman–Crippen MR) is 135 cm³/mol. The molecule has 0 fully saturated rings. The van der Waals surface area contributed by atoms with Crippen molar-refractivity contribution in [1.82, 2.24) is 0 Å². The first kappa shape index (κ1) is 31.5. The van der Waals surface area contributed by atoms with Crippen molar-refractivity contribution in [2.24, 2.45) is 5.92 Å². The lowest BCUT2D eigenvalue weighted by Crippen LogP contribution is -2.42. The molecule has 0 amide bonds. The smallest absolute Gasteiger partial charge is 0.407 e. The molecule has 1 atom stereocenters. The Morgan fingerprint density at radius 2 is 1.43 bits per heavy atom. The maximum atomic E-state index is 15.3. The van der Waals surface area contributed by atoms with Crippen LogP contribution in [0.4, 0.5) is 52.7 Å². The SMILES string of the molecule is CCCCCc1ccc(-c2cc3c(c(F)c2F)C(F)(F)C(C(F)(F)Oc2cc(F)c4c(F)c(F)c(F)cc4c2)C3)c(F)c1F. The molecule has 1 aliphatic rings. The van der Waals surface area contributed by atoms with Crippen LogP contribution in [0.25, 0.3) is 21.9 Å². The average Bonchev–Trinajstić information content (AvgIpc) is 3.22. The van der Waals surface area contributed by atoms with Crippen molar-refractivity contribution in [3.63, 3.8) is 0 Å². The highest BCUT2D eigenvalue weighted by Gasteiger charge is 2.63. The number of benzene rings is 4. The Balaban J connectivity index is 1.50. The van der Waals surface area contributed by atoms with Crippen LogP contribution in [0.3, 0.4) is 0 Å². The molecule has 4 aromatic rings. The Morgan fingerprint density at radius 1 is 0.750 bits per heavy atom. The monoisotopic (exact) mass is 636 g/mol. The van der Waals surface area contributed by atoms with Crippen LogP contribution in [0.2, 0.25) is 0 Å². The highest BCUT2D eigenvalue weighted by Crippen LogP contribution is 2.54. The zero-order chi connectivity index (χ0) is 32.3. The zero-order valence-corrected chi connectivity index (χ0v) is 22.5. The molecule has 1 aliphatic carbocycles. The van der Waals surface area contributed by atoms with Crippen LogP contribution >= 0.6 is 0 Å². The van der Waals surface area contributed by atoms with Gasteiger partial charge in [0.25, 0.3) is 5.92 Å². The van der Waals surface area contributed by atoms with E-state index in [9.17, 15) is 26.3 Å². The molecule has 0 N–H and O–H groups in total. The Hall–Kier alpha value is -3.90. The molecule has 1 unspecified atom stereocenters. The minimum Gasteiger partial charge on any atom is -0.432 e. The Morgan fingerprint density at radius 3 is 2.11 bits per heavy atom. The zero-order valence-electron chi connectivity index (χ0n) is 22.5. The van der Waals surface area contributed by atoms with Gasteiger partial charge in [-0.25, -0.2) is 43.9 Å². The third kappa shape index (κ3) is 5.13. The van der Waals surface area contributed by atoms with Crippen molar-refractivity contribution in [3.05, 3.63) is 99.6 Å². The van der Waals surface area contributed by atoms with E-state index in [4.69, 9.17) is 0 Å². The molecular weight excluding hydrogens is 616 g/mol. The highest BCUT2D eigenvalue weighted by molar-refractivity contribution is 5.85. The molecule has 0 radical (unpaired) electrons. The third-order valence-corrected chi connectivity index (χ3v) is 7.64. The minimum absolute atomic E-state index is 0.0501. The topological polar surface area (TPSA) is 9.23 Å². The van der Waals surface area contributed by atoms with Gasteiger partial charge in [-0.05, 0) is 54.0 Å². The number of aryl methyl sites for hydroxylation is 1. The van der Waals surface area contributed by atoms with Gasteiger partial charge in [-0.3, -0.25) is 0 Å². The summed E-state index contributed by atoms with van der Waals surface area (Å²) in [6.45, 7) is 1.89. The standard InChI is InChI=1S/C31H20F12O/c1-2-3-4-5-13-6-7-17(25(35)24(13)34)18-9-15-11-21(30(40,41)23(15)29(39)26(18)36)31(42,43)44-16-8-14-10-20(33)27(37)28(38)22(14)19(32)12-16/h6-10,12,21H,2-5,11H2,1H3. The number of fused-ring (bicyclic) bond motifs is 2. The van der Waals surface area contributed by atoms with Gasteiger partial charge in [0, 0.05) is 17.2 Å². The summed E-state index contributed by atoms with van der Waals surface area (Å²) in [4.78, 5) is 0. The lowest BCUT2D eigenvalue weighted by Gasteiger charge is -2.28. The normalized spacial score (nSPS) is 16.1. The van der Waals surface area contributed by atoms with Crippen molar-refractivity contribution < 1.29 is 57.4 Å². The second-order valence-electron chi connectivity index (χ2n) is 10.5. The van der Waals surface area contributed by atoms with Crippen molar-refractivity contribution in [3.8, 4) is 16.9 Å². The van der Waals surface area contributed by atoms with Gasteiger partial charge in [-0.15, -0.1) is 0 Å². The first-order valence-electron chi connectivity index (χ1n) is 13.3. The van der Waals surface area contributed by atoms with Crippen molar-refractivity contribution >= 4 is 10.8 Å². The number of ether oxygens (including phenoxy) is 1. The highest BCUT2D eigenvalue weighted by atomic mass is 19.3. The van der Waals surface area contributed by atoms with Crippen LogP contribution in [0.1, 0.15) is 42.9 Å². The second-order valence-corrected chi connectivity index (χ2v) is 10.5. The van der Waals surface area contributed by atoms with Crippen LogP contribution < -0.4 is 4.74 Å². The maximum absolute atomic E-state index is 15.3. The molecule has 13 heteroatoms. The molecule has 0 spiro atoms. The van der Waals surface area contributed by atoms with E-state index < -0.39 is 110 Å². The van der Waals surface area contributed by atoms with Crippen LogP contribution in [-0.2, 0) is 18.8 Å². The van der Waals surface area contributed by atoms with E-state index in [0.717, 1.165) is 18.6 Å². The molecular formula is C31H20F12O. The molecule has 1 nitrogen and oxygen atoms in total. The van der Waals surface area contributed by atoms with Crippen molar-refractivity contribution in [1.29, 1.82) is 0 Å². The number of alkyl halides is 4. The number of rotatable bonds is 8. The molecule has 0 aromatic heterocycles. The van der Waals surface area contributed by atoms with Gasteiger partial charge in [-0.1, -0.05) is 31.9 Å². The summed E-state index contributed by atoms with van der Waals surface area (Å²) in [5, 5.41) is -1.90. The number of hydrogen-bond donors (Lipinski definition) is 0. The van der Waals surface area contributed by atoms with Crippen molar-refractivity contribution in [2.45, 2.75) is 51.1 Å². The molecule has 0 saturated heterocycles. The molecule has 0 aliphatic heterocycles. The number of hydrogen-bond acceptors (Lipinski definition) is 1. The molecule has 0 heterocycles. The molecule has 234 valence electrons. The average molecular weight is 636 g/mol. The van der Waals surface area contributed by atoms with Crippen LogP contribution in [0, 0.1) is 52.5 Å². The summed E-state index contributed by atoms with van der Waals surface area (Å²) < 4.78 is 181. The van der Waals surface area contributed by atoms with Crippen LogP contribution in [0.5, 0.6) is 5.75 Å². The van der Waals surface area contributed by atoms with E-state index >= 15 is 26.3 Å². The lowest BCUT2D eigenvalue weighted by atomic mass is 9.96. The fourth-order valence-electron chi connectivity index (χ4n) is 5.45. The maximum Gasteiger partial charge on any atom is 0.407 e. The van der Waals surface area contributed by atoms with E-state index in [1.165, 1.54) is 0 Å². The molecule has 0 bridgehead atoms. The number of unbranched alkanes of at least 4 members (excludes halogenated alkanes) is 2. The Labute approximate surface area is 242 Å². The third-order valence-electron chi connectivity index (χ3n) is 7.64. The summed E-state index contributed by atoms with van der Waals surface area (Å²) in [7, 11) is 0. The summed E-state index contributed by atoms with van der Waals surface area (Å²) in [6, 6.07) is 3.40. The van der Waals surface area contributed by atoms with Gasteiger partial charge in [0.2, 0.25) is 0 Å². The lowest BCUT2D eigenvalue weighted by molar-refractivity contribution is -0.266. The minimum atomic E-state index is -4.94. The number of halogens is 12. The van der Waals surface area contributed by atoms with Crippen molar-refractivity contribution in [2.75, 3.05) is 0 Å². The second kappa shape index (κ2) is 11.2. The predicted octanol–water partition coefficient (Wildman–Crippen LogP) is 10.3. The summed E-state index contributed by atoms with van der Waals surface area (Å²) in [6.07, 6.45) is -4.15. The van der Waals surface area contributed by atoms with E-state index in [0.29, 0.717) is 25.0 Å².